The highest BCUT2D eigenvalue weighted by Gasteiger charge is 2.18. The summed E-state index contributed by atoms with van der Waals surface area (Å²) in [4.78, 5) is 2.48. The summed E-state index contributed by atoms with van der Waals surface area (Å²) in [6.45, 7) is 6.44. The van der Waals surface area contributed by atoms with Gasteiger partial charge in [0.15, 0.2) is 11.5 Å². The van der Waals surface area contributed by atoms with Crippen molar-refractivity contribution in [1.82, 2.24) is 10.2 Å². The molecule has 1 aliphatic heterocycles. The Bertz CT molecular complexity index is 395. The van der Waals surface area contributed by atoms with Crippen molar-refractivity contribution < 1.29 is 9.47 Å². The number of methoxy groups -OCH3 is 2. The van der Waals surface area contributed by atoms with Crippen LogP contribution >= 0.6 is 0 Å². The topological polar surface area (TPSA) is 33.7 Å². The van der Waals surface area contributed by atoms with Crippen LogP contribution in [-0.4, -0.2) is 44.8 Å². The number of ether oxygens (including phenoxy) is 2. The molecule has 1 aromatic rings. The van der Waals surface area contributed by atoms with Gasteiger partial charge in [0.05, 0.1) is 14.2 Å². The van der Waals surface area contributed by atoms with Crippen molar-refractivity contribution in [2.45, 2.75) is 19.5 Å². The second kappa shape index (κ2) is 6.07. The SMILES string of the molecule is COc1ccc(CN2CCNC[C@H]2C)cc1OC. The van der Waals surface area contributed by atoms with Gasteiger partial charge in [0, 0.05) is 32.2 Å². The van der Waals surface area contributed by atoms with E-state index in [2.05, 4.69) is 29.3 Å². The first kappa shape index (κ1) is 13.2. The fourth-order valence-electron chi connectivity index (χ4n) is 2.33. The van der Waals surface area contributed by atoms with Crippen LogP contribution < -0.4 is 14.8 Å². The molecule has 1 aliphatic rings. The van der Waals surface area contributed by atoms with Gasteiger partial charge in [0.1, 0.15) is 0 Å². The maximum atomic E-state index is 5.34. The van der Waals surface area contributed by atoms with E-state index in [0.29, 0.717) is 6.04 Å². The minimum atomic E-state index is 0.576. The van der Waals surface area contributed by atoms with Gasteiger partial charge in [-0.15, -0.1) is 0 Å². The number of hydrogen-bond acceptors (Lipinski definition) is 4. The van der Waals surface area contributed by atoms with Crippen LogP contribution in [-0.2, 0) is 6.54 Å². The van der Waals surface area contributed by atoms with Crippen molar-refractivity contribution in [3.8, 4) is 11.5 Å². The molecule has 4 nitrogen and oxygen atoms in total. The molecule has 2 rings (SSSR count). The molecule has 0 saturated carbocycles. The van der Waals surface area contributed by atoms with Crippen molar-refractivity contribution in [2.24, 2.45) is 0 Å². The number of benzene rings is 1. The Labute approximate surface area is 109 Å². The second-order valence-corrected chi connectivity index (χ2v) is 4.71. The first-order valence-electron chi connectivity index (χ1n) is 6.40. The third-order valence-electron chi connectivity index (χ3n) is 3.47. The van der Waals surface area contributed by atoms with E-state index in [4.69, 9.17) is 9.47 Å². The number of nitrogens with zero attached hydrogens (tertiary/aromatic N) is 1. The average molecular weight is 250 g/mol. The van der Waals surface area contributed by atoms with Crippen molar-refractivity contribution in [2.75, 3.05) is 33.9 Å². The van der Waals surface area contributed by atoms with Crippen molar-refractivity contribution in [1.29, 1.82) is 0 Å². The van der Waals surface area contributed by atoms with E-state index in [1.807, 2.05) is 6.07 Å². The van der Waals surface area contributed by atoms with Gasteiger partial charge in [-0.3, -0.25) is 4.90 Å². The number of rotatable bonds is 4. The Balaban J connectivity index is 2.08. The summed E-state index contributed by atoms with van der Waals surface area (Å²) in [6.07, 6.45) is 0. The van der Waals surface area contributed by atoms with E-state index >= 15 is 0 Å². The second-order valence-electron chi connectivity index (χ2n) is 4.71. The summed E-state index contributed by atoms with van der Waals surface area (Å²) in [7, 11) is 3.34. The molecule has 1 heterocycles. The first-order chi connectivity index (χ1) is 8.74. The molecule has 0 aromatic heterocycles. The quantitative estimate of drug-likeness (QED) is 0.878. The van der Waals surface area contributed by atoms with E-state index < -0.39 is 0 Å². The molecule has 100 valence electrons. The molecule has 1 N–H and O–H groups in total. The van der Waals surface area contributed by atoms with Crippen molar-refractivity contribution in [3.63, 3.8) is 0 Å². The van der Waals surface area contributed by atoms with E-state index in [9.17, 15) is 0 Å². The Morgan fingerprint density at radius 3 is 2.72 bits per heavy atom. The number of hydrogen-bond donors (Lipinski definition) is 1. The zero-order valence-electron chi connectivity index (χ0n) is 11.4. The van der Waals surface area contributed by atoms with Crippen LogP contribution in [0.25, 0.3) is 0 Å². The molecule has 0 unspecified atom stereocenters. The maximum absolute atomic E-state index is 5.34. The van der Waals surface area contributed by atoms with Crippen LogP contribution in [0.4, 0.5) is 0 Å². The molecule has 1 aromatic carbocycles. The highest BCUT2D eigenvalue weighted by atomic mass is 16.5. The van der Waals surface area contributed by atoms with Crippen LogP contribution in [0.15, 0.2) is 18.2 Å². The largest absolute Gasteiger partial charge is 0.493 e. The molecule has 0 radical (unpaired) electrons. The van der Waals surface area contributed by atoms with Gasteiger partial charge in [0.25, 0.3) is 0 Å². The van der Waals surface area contributed by atoms with Crippen molar-refractivity contribution >= 4 is 0 Å². The van der Waals surface area contributed by atoms with Crippen LogP contribution in [0.5, 0.6) is 11.5 Å². The molecule has 18 heavy (non-hydrogen) atoms. The van der Waals surface area contributed by atoms with Gasteiger partial charge >= 0.3 is 0 Å². The molecule has 0 amide bonds. The van der Waals surface area contributed by atoms with Gasteiger partial charge < -0.3 is 14.8 Å². The molecule has 1 atom stereocenters. The van der Waals surface area contributed by atoms with Gasteiger partial charge in [0.2, 0.25) is 0 Å². The smallest absolute Gasteiger partial charge is 0.161 e. The lowest BCUT2D eigenvalue weighted by Gasteiger charge is -2.34. The molecule has 0 aliphatic carbocycles. The lowest BCUT2D eigenvalue weighted by atomic mass is 10.1. The maximum Gasteiger partial charge on any atom is 0.161 e. The molecule has 0 bridgehead atoms. The molecule has 0 spiro atoms. The predicted molar refractivity (Wildman–Crippen MR) is 72.3 cm³/mol. The van der Waals surface area contributed by atoms with E-state index in [1.54, 1.807) is 14.2 Å². The van der Waals surface area contributed by atoms with E-state index in [0.717, 1.165) is 37.7 Å². The molecule has 1 fully saturated rings. The van der Waals surface area contributed by atoms with Gasteiger partial charge in [-0.2, -0.15) is 0 Å². The lowest BCUT2D eigenvalue weighted by molar-refractivity contribution is 0.165. The summed E-state index contributed by atoms with van der Waals surface area (Å²) in [5, 5.41) is 3.40. The van der Waals surface area contributed by atoms with Crippen molar-refractivity contribution in [3.05, 3.63) is 23.8 Å². The highest BCUT2D eigenvalue weighted by Crippen LogP contribution is 2.28. The van der Waals surface area contributed by atoms with Gasteiger partial charge in [-0.1, -0.05) is 6.07 Å². The minimum absolute atomic E-state index is 0.576. The van der Waals surface area contributed by atoms with E-state index in [-0.39, 0.29) is 0 Å². The zero-order chi connectivity index (χ0) is 13.0. The summed E-state index contributed by atoms with van der Waals surface area (Å²) in [6, 6.07) is 6.72. The van der Waals surface area contributed by atoms with Crippen LogP contribution in [0, 0.1) is 0 Å². The summed E-state index contributed by atoms with van der Waals surface area (Å²) < 4.78 is 10.6. The Morgan fingerprint density at radius 1 is 1.28 bits per heavy atom. The standard InChI is InChI=1S/C14H22N2O2/c1-11-9-15-6-7-16(11)10-12-4-5-13(17-2)14(8-12)18-3/h4-5,8,11,15H,6-7,9-10H2,1-3H3/t11-/m1/s1. The van der Waals surface area contributed by atoms with Gasteiger partial charge in [-0.25, -0.2) is 0 Å². The Hall–Kier alpha value is -1.26. The molecular formula is C14H22N2O2. The summed E-state index contributed by atoms with van der Waals surface area (Å²) in [5.74, 6) is 1.59. The Kier molecular flexibility index (Phi) is 4.44. The fourth-order valence-corrected chi connectivity index (χ4v) is 2.33. The predicted octanol–water partition coefficient (Wildman–Crippen LogP) is 1.50. The summed E-state index contributed by atoms with van der Waals surface area (Å²) >= 11 is 0. The average Bonchev–Trinajstić information content (AvgIpc) is 2.41. The third-order valence-corrected chi connectivity index (χ3v) is 3.47. The normalized spacial score (nSPS) is 20.7. The zero-order valence-corrected chi connectivity index (χ0v) is 11.4. The van der Waals surface area contributed by atoms with E-state index in [1.165, 1.54) is 5.56 Å². The monoisotopic (exact) mass is 250 g/mol. The number of piperazine rings is 1. The minimum Gasteiger partial charge on any atom is -0.493 e. The highest BCUT2D eigenvalue weighted by molar-refractivity contribution is 5.42. The first-order valence-corrected chi connectivity index (χ1v) is 6.40. The molecular weight excluding hydrogens is 228 g/mol. The lowest BCUT2D eigenvalue weighted by Crippen LogP contribution is -2.49. The van der Waals surface area contributed by atoms with Crippen LogP contribution in [0.3, 0.4) is 0 Å². The van der Waals surface area contributed by atoms with Crippen LogP contribution in [0.1, 0.15) is 12.5 Å². The van der Waals surface area contributed by atoms with Gasteiger partial charge in [-0.05, 0) is 24.6 Å². The van der Waals surface area contributed by atoms with Crippen LogP contribution in [0.2, 0.25) is 0 Å². The Morgan fingerprint density at radius 2 is 2.06 bits per heavy atom. The number of nitrogens with one attached hydrogen (secondary N) is 1. The molecule has 4 heteroatoms. The third kappa shape index (κ3) is 2.94. The fraction of sp³-hybridized carbons (Fsp3) is 0.571. The molecule has 1 saturated heterocycles. The summed E-state index contributed by atoms with van der Waals surface area (Å²) in [5.41, 5.74) is 1.27.